The summed E-state index contributed by atoms with van der Waals surface area (Å²) in [6.45, 7) is 6.64. The van der Waals surface area contributed by atoms with E-state index in [1.165, 1.54) is 12.1 Å². The summed E-state index contributed by atoms with van der Waals surface area (Å²) in [5.74, 6) is 0. The Hall–Kier alpha value is -0.610. The first-order chi connectivity index (χ1) is 8.26. The zero-order valence-electron chi connectivity index (χ0n) is 10.5. The van der Waals surface area contributed by atoms with Crippen LogP contribution in [0.1, 0.15) is 26.7 Å². The average Bonchev–Trinajstić information content (AvgIpc) is 2.38. The summed E-state index contributed by atoms with van der Waals surface area (Å²) in [6, 6.07) is 3.28. The van der Waals surface area contributed by atoms with Crippen molar-refractivity contribution in [2.24, 2.45) is 0 Å². The first kappa shape index (κ1) is 12.8. The molecule has 0 aliphatic carbocycles. The van der Waals surface area contributed by atoms with Gasteiger partial charge < -0.3 is 10.2 Å². The summed E-state index contributed by atoms with van der Waals surface area (Å²) in [7, 11) is 0. The van der Waals surface area contributed by atoms with E-state index in [1.54, 1.807) is 0 Å². The molecule has 3 nitrogen and oxygen atoms in total. The largest absolute Gasteiger partial charge is 0.365 e. The van der Waals surface area contributed by atoms with Gasteiger partial charge in [-0.3, -0.25) is 4.98 Å². The fourth-order valence-corrected chi connectivity index (χ4v) is 2.88. The van der Waals surface area contributed by atoms with E-state index in [-0.39, 0.29) is 0 Å². The van der Waals surface area contributed by atoms with Crippen LogP contribution in [0.5, 0.6) is 0 Å². The molecule has 4 heteroatoms. The third-order valence-electron chi connectivity index (χ3n) is 3.52. The summed E-state index contributed by atoms with van der Waals surface area (Å²) in [4.78, 5) is 6.65. The molecule has 0 aromatic carbocycles. The number of aromatic nitrogens is 1. The van der Waals surface area contributed by atoms with Crippen LogP contribution in [0.4, 0.5) is 5.69 Å². The van der Waals surface area contributed by atoms with E-state index < -0.39 is 0 Å². The van der Waals surface area contributed by atoms with Gasteiger partial charge in [-0.25, -0.2) is 0 Å². The lowest BCUT2D eigenvalue weighted by atomic mass is 10.0. The zero-order chi connectivity index (χ0) is 12.3. The minimum atomic E-state index is 0.580. The van der Waals surface area contributed by atoms with Gasteiger partial charge in [0.25, 0.3) is 0 Å². The fourth-order valence-electron chi connectivity index (χ4n) is 2.40. The van der Waals surface area contributed by atoms with Gasteiger partial charge in [-0.15, -0.1) is 0 Å². The summed E-state index contributed by atoms with van der Waals surface area (Å²) < 4.78 is 1.09. The van der Waals surface area contributed by atoms with Gasteiger partial charge in [0.05, 0.1) is 10.2 Å². The SMILES string of the molecule is CCC1CN(c2ccncc2Br)C(CC)CN1. The maximum atomic E-state index is 4.14. The molecule has 0 radical (unpaired) electrons. The Morgan fingerprint density at radius 1 is 1.47 bits per heavy atom. The minimum Gasteiger partial charge on any atom is -0.365 e. The fraction of sp³-hybridized carbons (Fsp3) is 0.615. The van der Waals surface area contributed by atoms with Gasteiger partial charge in [0, 0.05) is 37.6 Å². The first-order valence-electron chi connectivity index (χ1n) is 6.35. The molecule has 2 atom stereocenters. The highest BCUT2D eigenvalue weighted by Crippen LogP contribution is 2.28. The maximum absolute atomic E-state index is 4.14. The molecule has 2 unspecified atom stereocenters. The third-order valence-corrected chi connectivity index (χ3v) is 4.14. The lowest BCUT2D eigenvalue weighted by Gasteiger charge is -2.41. The van der Waals surface area contributed by atoms with Crippen molar-refractivity contribution in [3.05, 3.63) is 22.9 Å². The van der Waals surface area contributed by atoms with Crippen LogP contribution in [0.3, 0.4) is 0 Å². The molecule has 0 saturated carbocycles. The van der Waals surface area contributed by atoms with E-state index in [4.69, 9.17) is 0 Å². The Balaban J connectivity index is 2.23. The van der Waals surface area contributed by atoms with Gasteiger partial charge in [0.15, 0.2) is 0 Å². The molecule has 1 aliphatic rings. The van der Waals surface area contributed by atoms with Gasteiger partial charge in [0.1, 0.15) is 0 Å². The smallest absolute Gasteiger partial charge is 0.0592 e. The van der Waals surface area contributed by atoms with E-state index in [1.807, 2.05) is 12.4 Å². The van der Waals surface area contributed by atoms with Crippen LogP contribution >= 0.6 is 15.9 Å². The summed E-state index contributed by atoms with van der Waals surface area (Å²) in [6.07, 6.45) is 6.09. The molecule has 0 amide bonds. The second kappa shape index (κ2) is 5.83. The molecule has 2 rings (SSSR count). The number of hydrogen-bond acceptors (Lipinski definition) is 3. The van der Waals surface area contributed by atoms with Gasteiger partial charge >= 0.3 is 0 Å². The topological polar surface area (TPSA) is 28.2 Å². The van der Waals surface area contributed by atoms with Crippen LogP contribution < -0.4 is 10.2 Å². The Morgan fingerprint density at radius 2 is 2.29 bits per heavy atom. The van der Waals surface area contributed by atoms with E-state index in [2.05, 4.69) is 51.0 Å². The molecule has 1 aliphatic heterocycles. The van der Waals surface area contributed by atoms with Crippen molar-refractivity contribution in [2.75, 3.05) is 18.0 Å². The van der Waals surface area contributed by atoms with Crippen LogP contribution in [0.2, 0.25) is 0 Å². The Kier molecular flexibility index (Phi) is 4.40. The lowest BCUT2D eigenvalue weighted by Crippen LogP contribution is -2.56. The van der Waals surface area contributed by atoms with Crippen molar-refractivity contribution < 1.29 is 0 Å². The van der Waals surface area contributed by atoms with Crippen molar-refractivity contribution in [3.63, 3.8) is 0 Å². The molecule has 94 valence electrons. The highest BCUT2D eigenvalue weighted by molar-refractivity contribution is 9.10. The van der Waals surface area contributed by atoms with E-state index >= 15 is 0 Å². The lowest BCUT2D eigenvalue weighted by molar-refractivity contribution is 0.378. The van der Waals surface area contributed by atoms with Crippen LogP contribution in [0, 0.1) is 0 Å². The number of pyridine rings is 1. The van der Waals surface area contributed by atoms with Crippen LogP contribution in [0.25, 0.3) is 0 Å². The number of anilines is 1. The van der Waals surface area contributed by atoms with Gasteiger partial charge in [-0.1, -0.05) is 13.8 Å². The average molecular weight is 298 g/mol. The third kappa shape index (κ3) is 2.80. The maximum Gasteiger partial charge on any atom is 0.0592 e. The quantitative estimate of drug-likeness (QED) is 0.930. The molecular formula is C13H20BrN3. The van der Waals surface area contributed by atoms with E-state index in [0.29, 0.717) is 12.1 Å². The molecule has 0 spiro atoms. The Bertz CT molecular complexity index is 369. The molecule has 1 N–H and O–H groups in total. The normalized spacial score (nSPS) is 25.0. The molecule has 1 saturated heterocycles. The second-order valence-corrected chi connectivity index (χ2v) is 5.41. The number of halogens is 1. The number of nitrogens with one attached hydrogen (secondary N) is 1. The van der Waals surface area contributed by atoms with Gasteiger partial charge in [-0.05, 0) is 34.8 Å². The highest BCUT2D eigenvalue weighted by Gasteiger charge is 2.26. The minimum absolute atomic E-state index is 0.580. The van der Waals surface area contributed by atoms with Crippen LogP contribution in [0.15, 0.2) is 22.9 Å². The van der Waals surface area contributed by atoms with Crippen molar-refractivity contribution in [1.82, 2.24) is 10.3 Å². The first-order valence-corrected chi connectivity index (χ1v) is 7.15. The summed E-state index contributed by atoms with van der Waals surface area (Å²) >= 11 is 3.61. The molecular weight excluding hydrogens is 278 g/mol. The molecule has 1 aromatic rings. The molecule has 17 heavy (non-hydrogen) atoms. The van der Waals surface area contributed by atoms with Gasteiger partial charge in [-0.2, -0.15) is 0 Å². The zero-order valence-corrected chi connectivity index (χ0v) is 12.1. The van der Waals surface area contributed by atoms with Gasteiger partial charge in [0.2, 0.25) is 0 Å². The molecule has 1 fully saturated rings. The van der Waals surface area contributed by atoms with Crippen molar-refractivity contribution in [3.8, 4) is 0 Å². The number of hydrogen-bond donors (Lipinski definition) is 1. The molecule has 1 aromatic heterocycles. The van der Waals surface area contributed by atoms with Crippen LogP contribution in [-0.2, 0) is 0 Å². The van der Waals surface area contributed by atoms with E-state index in [9.17, 15) is 0 Å². The summed E-state index contributed by atoms with van der Waals surface area (Å²) in [5, 5.41) is 3.62. The van der Waals surface area contributed by atoms with Crippen LogP contribution in [-0.4, -0.2) is 30.2 Å². The van der Waals surface area contributed by atoms with Crippen molar-refractivity contribution in [1.29, 1.82) is 0 Å². The number of rotatable bonds is 3. The monoisotopic (exact) mass is 297 g/mol. The number of piperazine rings is 1. The van der Waals surface area contributed by atoms with Crippen molar-refractivity contribution in [2.45, 2.75) is 38.8 Å². The Morgan fingerprint density at radius 3 is 2.94 bits per heavy atom. The Labute approximate surface area is 112 Å². The van der Waals surface area contributed by atoms with E-state index in [0.717, 1.165) is 24.0 Å². The number of nitrogens with zero attached hydrogens (tertiary/aromatic N) is 2. The highest BCUT2D eigenvalue weighted by atomic mass is 79.9. The molecule has 2 heterocycles. The summed E-state index contributed by atoms with van der Waals surface area (Å²) in [5.41, 5.74) is 1.27. The standard InChI is InChI=1S/C13H20BrN3/c1-3-10-9-17(11(4-2)7-16-10)13-5-6-15-8-12(13)14/h5-6,8,10-11,16H,3-4,7,9H2,1-2H3. The second-order valence-electron chi connectivity index (χ2n) is 4.55. The van der Waals surface area contributed by atoms with Crippen molar-refractivity contribution >= 4 is 21.6 Å². The predicted octanol–water partition coefficient (Wildman–Crippen LogP) is 2.81. The molecule has 0 bridgehead atoms. The predicted molar refractivity (Wildman–Crippen MR) is 75.4 cm³/mol.